The van der Waals surface area contributed by atoms with Crippen molar-refractivity contribution in [1.82, 2.24) is 4.98 Å². The van der Waals surface area contributed by atoms with Crippen molar-refractivity contribution in [2.45, 2.75) is 0 Å². The lowest BCUT2D eigenvalue weighted by Gasteiger charge is -1.99. The van der Waals surface area contributed by atoms with E-state index in [0.29, 0.717) is 21.8 Å². The van der Waals surface area contributed by atoms with Crippen molar-refractivity contribution >= 4 is 34.4 Å². The van der Waals surface area contributed by atoms with Gasteiger partial charge in [0.2, 0.25) is 0 Å². The summed E-state index contributed by atoms with van der Waals surface area (Å²) in [5.74, 6) is -0.470. The van der Waals surface area contributed by atoms with Crippen LogP contribution in [0.5, 0.6) is 5.75 Å². The van der Waals surface area contributed by atoms with Crippen LogP contribution in [0, 0.1) is 31.6 Å². The average molecular weight is 394 g/mol. The van der Waals surface area contributed by atoms with Crippen molar-refractivity contribution in [2.24, 2.45) is 0 Å². The third-order valence-electron chi connectivity index (χ3n) is 3.71. The van der Waals surface area contributed by atoms with Gasteiger partial charge in [0.15, 0.2) is 5.75 Å². The molecule has 1 N–H and O–H groups in total. The number of nitro groups is 2. The van der Waals surface area contributed by atoms with Gasteiger partial charge in [0.1, 0.15) is 11.1 Å². The lowest BCUT2D eigenvalue weighted by molar-refractivity contribution is -0.385. The number of phenolic OH excluding ortho intramolecular Hbond substituents is 1. The van der Waals surface area contributed by atoms with Crippen LogP contribution in [0.4, 0.5) is 11.4 Å². The predicted octanol–water partition coefficient (Wildman–Crippen LogP) is 4.40. The molecule has 2 aromatic carbocycles. The minimum absolute atomic E-state index is 0.0699. The number of aromatic nitrogens is 1. The van der Waals surface area contributed by atoms with Gasteiger partial charge in [0.25, 0.3) is 5.69 Å². The fourth-order valence-electron chi connectivity index (χ4n) is 2.39. The molecule has 0 atom stereocenters. The molecule has 1 heterocycles. The van der Waals surface area contributed by atoms with Gasteiger partial charge in [-0.05, 0) is 17.7 Å². The van der Waals surface area contributed by atoms with E-state index >= 15 is 0 Å². The fourth-order valence-corrected chi connectivity index (χ4v) is 3.19. The fraction of sp³-hybridized carbons (Fsp3) is 0. The van der Waals surface area contributed by atoms with Gasteiger partial charge in [-0.2, -0.15) is 5.26 Å². The van der Waals surface area contributed by atoms with E-state index in [9.17, 15) is 30.6 Å². The first kappa shape index (κ1) is 18.7. The number of aromatic hydroxyl groups is 1. The number of rotatable bonds is 5. The molecule has 0 saturated heterocycles. The topological polar surface area (TPSA) is 143 Å². The zero-order chi connectivity index (χ0) is 20.3. The highest BCUT2D eigenvalue weighted by Gasteiger charge is 2.15. The first-order valence-electron chi connectivity index (χ1n) is 7.69. The molecular formula is C18H10N4O5S. The summed E-state index contributed by atoms with van der Waals surface area (Å²) in [4.78, 5) is 25.0. The number of hydrogen-bond acceptors (Lipinski definition) is 8. The van der Waals surface area contributed by atoms with Gasteiger partial charge in [-0.3, -0.25) is 20.2 Å². The number of nitriles is 1. The Hall–Kier alpha value is -4.10. The van der Waals surface area contributed by atoms with Crippen LogP contribution in [0.3, 0.4) is 0 Å². The third kappa shape index (κ3) is 3.84. The molecule has 0 fully saturated rings. The Balaban J connectivity index is 1.97. The van der Waals surface area contributed by atoms with Crippen molar-refractivity contribution < 1.29 is 15.0 Å². The third-order valence-corrected chi connectivity index (χ3v) is 4.59. The maximum atomic E-state index is 10.9. The highest BCUT2D eigenvalue weighted by atomic mass is 32.1. The van der Waals surface area contributed by atoms with Crippen LogP contribution >= 0.6 is 11.3 Å². The molecule has 0 unspecified atom stereocenters. The lowest BCUT2D eigenvalue weighted by Crippen LogP contribution is -1.90. The number of thiazole rings is 1. The van der Waals surface area contributed by atoms with E-state index in [1.807, 2.05) is 6.07 Å². The molecule has 0 spiro atoms. The molecule has 28 heavy (non-hydrogen) atoms. The Kier molecular flexibility index (Phi) is 5.10. The van der Waals surface area contributed by atoms with Crippen molar-refractivity contribution in [2.75, 3.05) is 0 Å². The van der Waals surface area contributed by atoms with E-state index in [1.54, 1.807) is 17.5 Å². The van der Waals surface area contributed by atoms with Gasteiger partial charge in [-0.25, -0.2) is 4.98 Å². The molecule has 0 aliphatic carbocycles. The minimum Gasteiger partial charge on any atom is -0.502 e. The summed E-state index contributed by atoms with van der Waals surface area (Å²) in [5.41, 5.74) is 0.993. The van der Waals surface area contributed by atoms with Crippen molar-refractivity contribution in [3.8, 4) is 23.1 Å². The Labute approximate surface area is 161 Å². The van der Waals surface area contributed by atoms with Gasteiger partial charge in [0, 0.05) is 29.1 Å². The molecule has 1 aromatic heterocycles. The summed E-state index contributed by atoms with van der Waals surface area (Å²) in [6.45, 7) is 0. The molecule has 138 valence electrons. The molecule has 3 aromatic rings. The SMILES string of the molecule is N#C/C(=C/c1ccc(O)c([N+](=O)[O-])c1)c1nc(-c2cccc([N+](=O)[O-])c2)cs1. The number of hydrogen-bond donors (Lipinski definition) is 1. The highest BCUT2D eigenvalue weighted by Crippen LogP contribution is 2.31. The quantitative estimate of drug-likeness (QED) is 0.384. The van der Waals surface area contributed by atoms with Crippen LogP contribution in [0.15, 0.2) is 47.8 Å². The van der Waals surface area contributed by atoms with E-state index in [2.05, 4.69) is 4.98 Å². The molecule has 3 rings (SSSR count). The Morgan fingerprint density at radius 1 is 1.18 bits per heavy atom. The molecule has 10 heteroatoms. The van der Waals surface area contributed by atoms with Gasteiger partial charge < -0.3 is 5.11 Å². The molecule has 0 amide bonds. The molecule has 0 aliphatic rings. The first-order valence-corrected chi connectivity index (χ1v) is 8.57. The molecular weight excluding hydrogens is 384 g/mol. The first-order chi connectivity index (χ1) is 13.4. The molecule has 9 nitrogen and oxygen atoms in total. The molecule has 0 aliphatic heterocycles. The zero-order valence-electron chi connectivity index (χ0n) is 14.0. The normalized spacial score (nSPS) is 11.0. The predicted molar refractivity (Wildman–Crippen MR) is 102 cm³/mol. The number of nitrogens with zero attached hydrogens (tertiary/aromatic N) is 4. The van der Waals surface area contributed by atoms with Crippen LogP contribution in [-0.2, 0) is 0 Å². The van der Waals surface area contributed by atoms with E-state index in [-0.39, 0.29) is 11.3 Å². The summed E-state index contributed by atoms with van der Waals surface area (Å²) >= 11 is 1.17. The monoisotopic (exact) mass is 394 g/mol. The summed E-state index contributed by atoms with van der Waals surface area (Å²) in [7, 11) is 0. The van der Waals surface area contributed by atoms with Gasteiger partial charge in [-0.1, -0.05) is 18.2 Å². The Morgan fingerprint density at radius 3 is 2.64 bits per heavy atom. The summed E-state index contributed by atoms with van der Waals surface area (Å²) in [5, 5.41) is 42.8. The second-order valence-electron chi connectivity index (χ2n) is 5.52. The second-order valence-corrected chi connectivity index (χ2v) is 6.38. The lowest BCUT2D eigenvalue weighted by atomic mass is 10.1. The average Bonchev–Trinajstić information content (AvgIpc) is 3.17. The molecule has 0 saturated carbocycles. The Bertz CT molecular complexity index is 1160. The maximum Gasteiger partial charge on any atom is 0.311 e. The van der Waals surface area contributed by atoms with Crippen LogP contribution < -0.4 is 0 Å². The Morgan fingerprint density at radius 2 is 1.96 bits per heavy atom. The van der Waals surface area contributed by atoms with E-state index in [4.69, 9.17) is 0 Å². The van der Waals surface area contributed by atoms with Gasteiger partial charge in [-0.15, -0.1) is 11.3 Å². The molecule has 0 bridgehead atoms. The van der Waals surface area contributed by atoms with Crippen LogP contribution in [0.2, 0.25) is 0 Å². The standard InChI is InChI=1S/C18H10N4O5S/c19-9-13(6-11-4-5-17(23)16(7-11)22(26)27)18-20-15(10-28-18)12-2-1-3-14(8-12)21(24)25/h1-8,10,23H/b13-6-. The summed E-state index contributed by atoms with van der Waals surface area (Å²) < 4.78 is 0. The van der Waals surface area contributed by atoms with Crippen LogP contribution in [-0.4, -0.2) is 19.9 Å². The van der Waals surface area contributed by atoms with Gasteiger partial charge in [0.05, 0.1) is 21.1 Å². The van der Waals surface area contributed by atoms with E-state index < -0.39 is 21.3 Å². The maximum absolute atomic E-state index is 10.9. The van der Waals surface area contributed by atoms with E-state index in [1.165, 1.54) is 41.7 Å². The smallest absolute Gasteiger partial charge is 0.311 e. The summed E-state index contributed by atoms with van der Waals surface area (Å²) in [6, 6.07) is 11.7. The largest absolute Gasteiger partial charge is 0.502 e. The van der Waals surface area contributed by atoms with Crippen LogP contribution in [0.1, 0.15) is 10.6 Å². The van der Waals surface area contributed by atoms with E-state index in [0.717, 1.165) is 6.07 Å². The van der Waals surface area contributed by atoms with Crippen molar-refractivity contribution in [3.05, 3.63) is 78.6 Å². The number of benzene rings is 2. The van der Waals surface area contributed by atoms with Crippen LogP contribution in [0.25, 0.3) is 22.9 Å². The molecule has 0 radical (unpaired) electrons. The number of phenols is 1. The number of allylic oxidation sites excluding steroid dienone is 1. The number of nitro benzene ring substituents is 2. The highest BCUT2D eigenvalue weighted by molar-refractivity contribution is 7.11. The van der Waals surface area contributed by atoms with Crippen molar-refractivity contribution in [1.29, 1.82) is 5.26 Å². The van der Waals surface area contributed by atoms with Crippen molar-refractivity contribution in [3.63, 3.8) is 0 Å². The zero-order valence-corrected chi connectivity index (χ0v) is 14.8. The minimum atomic E-state index is -0.720. The number of non-ortho nitro benzene ring substituents is 1. The van der Waals surface area contributed by atoms with Gasteiger partial charge >= 0.3 is 5.69 Å². The second kappa shape index (κ2) is 7.65. The summed E-state index contributed by atoms with van der Waals surface area (Å²) in [6.07, 6.45) is 1.42.